The van der Waals surface area contributed by atoms with Crippen LogP contribution >= 0.6 is 0 Å². The van der Waals surface area contributed by atoms with Crippen molar-refractivity contribution in [3.05, 3.63) is 22.8 Å². The first-order valence-corrected chi connectivity index (χ1v) is 9.85. The maximum atomic E-state index is 10.7. The number of hydrogen-bond donors (Lipinski definition) is 1. The van der Waals surface area contributed by atoms with Gasteiger partial charge in [0.25, 0.3) is 0 Å². The van der Waals surface area contributed by atoms with E-state index in [9.17, 15) is 5.11 Å². The number of likely N-dealkylation sites (N-methyl/N-ethyl adjacent to an activating group) is 1. The highest BCUT2D eigenvalue weighted by Gasteiger charge is 2.61. The normalized spacial score (nSPS) is 37.5. The second-order valence-electron chi connectivity index (χ2n) is 9.29. The minimum Gasteiger partial charge on any atom is -0.870 e. The van der Waals surface area contributed by atoms with Crippen LogP contribution in [0.3, 0.4) is 0 Å². The molecule has 4 aliphatic rings. The quantitative estimate of drug-likeness (QED) is 0.801. The molecule has 6 nitrogen and oxygen atoms in total. The Balaban J connectivity index is 0.00000180. The van der Waals surface area contributed by atoms with Crippen LogP contribution in [0.25, 0.3) is 0 Å². The van der Waals surface area contributed by atoms with Crippen molar-refractivity contribution in [2.45, 2.75) is 61.9 Å². The number of aliphatic hydroxyl groups is 1. The molecule has 2 aliphatic heterocycles. The Bertz CT molecular complexity index is 778. The van der Waals surface area contributed by atoms with Crippen molar-refractivity contribution in [1.82, 2.24) is 0 Å². The maximum Gasteiger partial charge on any atom is 0.237 e. The van der Waals surface area contributed by atoms with Crippen LogP contribution in [-0.4, -0.2) is 61.8 Å². The summed E-state index contributed by atoms with van der Waals surface area (Å²) >= 11 is 0. The summed E-state index contributed by atoms with van der Waals surface area (Å²) in [5.41, 5.74) is 4.34. The summed E-state index contributed by atoms with van der Waals surface area (Å²) in [6, 6.07) is 2.70. The third-order valence-electron chi connectivity index (χ3n) is 7.76. The maximum absolute atomic E-state index is 10.7. The molecular weight excluding hydrogens is 346 g/mol. The summed E-state index contributed by atoms with van der Waals surface area (Å²) in [6.07, 6.45) is 5.26. The molecule has 2 heterocycles. The standard InChI is InChI=1S/C21H30NO4.H2O/c1-22(2)10-7-13-11-15(24-3)19-18-17(13)14(22)5-8-20(18)9-6-16(23)21(12-20,25-4)26-19;/h11,14,16,23H,5-10,12H2,1-4H3;1H2/q+1;/p-1/t14-,16+,20-,21?;/m0./s1. The van der Waals surface area contributed by atoms with Crippen LogP contribution in [0.2, 0.25) is 0 Å². The van der Waals surface area contributed by atoms with Gasteiger partial charge in [-0.25, -0.2) is 0 Å². The Morgan fingerprint density at radius 1 is 1.22 bits per heavy atom. The van der Waals surface area contributed by atoms with Gasteiger partial charge in [0.15, 0.2) is 11.5 Å². The van der Waals surface area contributed by atoms with Gasteiger partial charge in [0.05, 0.1) is 27.7 Å². The number of nitrogens with zero attached hydrogens (tertiary/aromatic N) is 1. The molecule has 1 aromatic rings. The van der Waals surface area contributed by atoms with Crippen LogP contribution in [0.4, 0.5) is 0 Å². The second-order valence-corrected chi connectivity index (χ2v) is 9.29. The van der Waals surface area contributed by atoms with Gasteiger partial charge in [0.2, 0.25) is 5.79 Å². The lowest BCUT2D eigenvalue weighted by Gasteiger charge is -2.58. The van der Waals surface area contributed by atoms with Crippen molar-refractivity contribution < 1.29 is 29.3 Å². The molecule has 1 saturated carbocycles. The molecule has 2 aliphatic carbocycles. The molecule has 1 fully saturated rings. The molecule has 1 unspecified atom stereocenters. The van der Waals surface area contributed by atoms with E-state index in [0.29, 0.717) is 6.04 Å². The van der Waals surface area contributed by atoms with E-state index in [1.54, 1.807) is 14.2 Å². The molecule has 0 amide bonds. The van der Waals surface area contributed by atoms with E-state index in [-0.39, 0.29) is 10.9 Å². The summed E-state index contributed by atoms with van der Waals surface area (Å²) < 4.78 is 19.1. The molecule has 5 rings (SSSR count). The van der Waals surface area contributed by atoms with Crippen LogP contribution < -0.4 is 9.47 Å². The van der Waals surface area contributed by atoms with Crippen LogP contribution in [-0.2, 0) is 16.6 Å². The summed E-state index contributed by atoms with van der Waals surface area (Å²) in [4.78, 5) is 0. The molecule has 0 aromatic heterocycles. The van der Waals surface area contributed by atoms with Gasteiger partial charge in [-0.2, -0.15) is 0 Å². The Morgan fingerprint density at radius 2 is 1.96 bits per heavy atom. The molecule has 1 aromatic carbocycles. The van der Waals surface area contributed by atoms with E-state index in [1.165, 1.54) is 23.1 Å². The van der Waals surface area contributed by atoms with E-state index >= 15 is 0 Å². The fourth-order valence-corrected chi connectivity index (χ4v) is 6.28. The Kier molecular flexibility index (Phi) is 4.10. The Hall–Kier alpha value is -1.34. The van der Waals surface area contributed by atoms with Crippen LogP contribution in [0, 0.1) is 0 Å². The predicted octanol–water partition coefficient (Wildman–Crippen LogP) is 2.50. The largest absolute Gasteiger partial charge is 0.870 e. The summed E-state index contributed by atoms with van der Waals surface area (Å²) in [5.74, 6) is 0.675. The van der Waals surface area contributed by atoms with Crippen molar-refractivity contribution in [3.8, 4) is 11.5 Å². The molecule has 27 heavy (non-hydrogen) atoms. The zero-order valence-corrected chi connectivity index (χ0v) is 16.7. The van der Waals surface area contributed by atoms with Gasteiger partial charge in [0, 0.05) is 42.9 Å². The Morgan fingerprint density at radius 3 is 2.67 bits per heavy atom. The highest BCUT2D eigenvalue weighted by Crippen LogP contribution is 2.64. The fraction of sp³-hybridized carbons (Fsp3) is 0.714. The van der Waals surface area contributed by atoms with Gasteiger partial charge in [-0.05, 0) is 30.9 Å². The molecule has 0 saturated heterocycles. The first-order valence-electron chi connectivity index (χ1n) is 9.85. The minimum absolute atomic E-state index is 0. The topological polar surface area (TPSA) is 77.9 Å². The van der Waals surface area contributed by atoms with Gasteiger partial charge in [0.1, 0.15) is 12.1 Å². The van der Waals surface area contributed by atoms with E-state index in [1.807, 2.05) is 0 Å². The van der Waals surface area contributed by atoms with Gasteiger partial charge < -0.3 is 29.3 Å². The SMILES string of the molecule is COc1cc2c3c4c1OC1(OC)C[C@@]4(CC[C@H]1O)CC[C@@H]3[N+](C)(C)CC2.[OH-]. The lowest BCUT2D eigenvalue weighted by Crippen LogP contribution is -2.62. The molecule has 1 spiro atoms. The number of methoxy groups -OCH3 is 2. The zero-order valence-electron chi connectivity index (χ0n) is 16.7. The molecule has 4 atom stereocenters. The molecule has 6 heteroatoms. The predicted molar refractivity (Wildman–Crippen MR) is 99.5 cm³/mol. The molecule has 0 radical (unpaired) electrons. The van der Waals surface area contributed by atoms with Crippen molar-refractivity contribution >= 4 is 0 Å². The lowest BCUT2D eigenvalue weighted by atomic mass is 9.56. The number of benzene rings is 1. The number of hydrogen-bond acceptors (Lipinski definition) is 5. The summed E-state index contributed by atoms with van der Waals surface area (Å²) in [7, 11) is 8.08. The highest BCUT2D eigenvalue weighted by molar-refractivity contribution is 5.62. The van der Waals surface area contributed by atoms with Crippen LogP contribution in [0.5, 0.6) is 11.5 Å². The van der Waals surface area contributed by atoms with E-state index in [2.05, 4.69) is 20.2 Å². The average molecular weight is 377 g/mol. The monoisotopic (exact) mass is 377 g/mol. The van der Waals surface area contributed by atoms with Crippen molar-refractivity contribution in [3.63, 3.8) is 0 Å². The number of ether oxygens (including phenoxy) is 3. The van der Waals surface area contributed by atoms with Gasteiger partial charge in [-0.1, -0.05) is 0 Å². The second kappa shape index (κ2) is 5.83. The highest BCUT2D eigenvalue weighted by atomic mass is 16.7. The van der Waals surface area contributed by atoms with Gasteiger partial charge >= 0.3 is 0 Å². The van der Waals surface area contributed by atoms with Crippen LogP contribution in [0.15, 0.2) is 6.07 Å². The summed E-state index contributed by atoms with van der Waals surface area (Å²) in [6.45, 7) is 1.16. The Labute approximate surface area is 160 Å². The number of fused-ring (bicyclic) bond motifs is 1. The van der Waals surface area contributed by atoms with Crippen LogP contribution in [0.1, 0.15) is 54.8 Å². The third-order valence-corrected chi connectivity index (χ3v) is 7.76. The van der Waals surface area contributed by atoms with Gasteiger partial charge in [-0.15, -0.1) is 0 Å². The van der Waals surface area contributed by atoms with Gasteiger partial charge in [-0.3, -0.25) is 0 Å². The van der Waals surface area contributed by atoms with Crippen molar-refractivity contribution in [2.24, 2.45) is 0 Å². The first-order chi connectivity index (χ1) is 12.4. The van der Waals surface area contributed by atoms with Crippen molar-refractivity contribution in [1.29, 1.82) is 0 Å². The minimum atomic E-state index is -0.946. The lowest BCUT2D eigenvalue weighted by molar-refractivity contribution is -0.924. The average Bonchev–Trinajstić information content (AvgIpc) is 2.63. The van der Waals surface area contributed by atoms with E-state index in [4.69, 9.17) is 14.2 Å². The molecule has 150 valence electrons. The van der Waals surface area contributed by atoms with E-state index < -0.39 is 11.9 Å². The van der Waals surface area contributed by atoms with E-state index in [0.717, 1.165) is 54.6 Å². The number of quaternary nitrogens is 1. The first kappa shape index (κ1) is 19.0. The third kappa shape index (κ3) is 2.27. The zero-order chi connectivity index (χ0) is 18.3. The number of aliphatic hydroxyl groups excluding tert-OH is 1. The van der Waals surface area contributed by atoms with Crippen molar-refractivity contribution in [2.75, 3.05) is 34.9 Å². The molecular formula is C21H31NO5. The molecule has 2 bridgehead atoms. The fourth-order valence-electron chi connectivity index (χ4n) is 6.28. The number of rotatable bonds is 2. The molecule has 2 N–H and O–H groups in total. The summed E-state index contributed by atoms with van der Waals surface area (Å²) in [5, 5.41) is 10.7. The smallest absolute Gasteiger partial charge is 0.237 e.